The highest BCUT2D eigenvalue weighted by Gasteiger charge is 2.36. The minimum absolute atomic E-state index is 0.0646. The zero-order chi connectivity index (χ0) is 13.3. The van der Waals surface area contributed by atoms with Crippen LogP contribution in [0.3, 0.4) is 0 Å². The summed E-state index contributed by atoms with van der Waals surface area (Å²) in [6.07, 6.45) is 1.97. The summed E-state index contributed by atoms with van der Waals surface area (Å²) in [7, 11) is 4.14. The van der Waals surface area contributed by atoms with Crippen molar-refractivity contribution in [2.24, 2.45) is 0 Å². The largest absolute Gasteiger partial charge is 0.444 e. The van der Waals surface area contributed by atoms with Gasteiger partial charge in [-0.3, -0.25) is 0 Å². The number of nitrogens with zero attached hydrogens (tertiary/aromatic N) is 2. The standard InChI is InChI=1S/C13H26N2O2/c1-12(2,3)17-11(16)15-9-7-8-13(4,10-15)14(5)6/h7-10H2,1-6H3. The number of likely N-dealkylation sites (N-methyl/N-ethyl adjacent to an activating group) is 1. The van der Waals surface area contributed by atoms with Gasteiger partial charge in [0, 0.05) is 18.6 Å². The van der Waals surface area contributed by atoms with E-state index >= 15 is 0 Å². The molecule has 1 atom stereocenters. The van der Waals surface area contributed by atoms with Crippen LogP contribution in [0.4, 0.5) is 4.79 Å². The van der Waals surface area contributed by atoms with Crippen molar-refractivity contribution in [3.05, 3.63) is 0 Å². The first-order valence-corrected chi connectivity index (χ1v) is 6.29. The molecule has 1 amide bonds. The van der Waals surface area contributed by atoms with Crippen molar-refractivity contribution >= 4 is 6.09 Å². The summed E-state index contributed by atoms with van der Waals surface area (Å²) in [6, 6.07) is 0. The molecule has 1 rings (SSSR count). The maximum absolute atomic E-state index is 12.0. The van der Waals surface area contributed by atoms with Gasteiger partial charge in [0.05, 0.1) is 0 Å². The Bertz CT molecular complexity index is 284. The molecule has 4 nitrogen and oxygen atoms in total. The van der Waals surface area contributed by atoms with Crippen LogP contribution in [0.15, 0.2) is 0 Å². The van der Waals surface area contributed by atoms with Crippen LogP contribution in [-0.4, -0.2) is 54.2 Å². The van der Waals surface area contributed by atoms with E-state index in [9.17, 15) is 4.79 Å². The highest BCUT2D eigenvalue weighted by molar-refractivity contribution is 5.68. The lowest BCUT2D eigenvalue weighted by Gasteiger charge is -2.44. The van der Waals surface area contributed by atoms with Gasteiger partial charge in [-0.25, -0.2) is 4.79 Å². The molecule has 1 aliphatic rings. The van der Waals surface area contributed by atoms with Crippen LogP contribution in [0.25, 0.3) is 0 Å². The zero-order valence-electron chi connectivity index (χ0n) is 12.0. The molecule has 0 aromatic carbocycles. The van der Waals surface area contributed by atoms with E-state index in [4.69, 9.17) is 4.74 Å². The number of carbonyl (C=O) groups is 1. The van der Waals surface area contributed by atoms with Crippen molar-refractivity contribution in [2.75, 3.05) is 27.2 Å². The van der Waals surface area contributed by atoms with Gasteiger partial charge in [-0.05, 0) is 54.6 Å². The van der Waals surface area contributed by atoms with E-state index < -0.39 is 5.60 Å². The summed E-state index contributed by atoms with van der Waals surface area (Å²) in [6.45, 7) is 9.46. The van der Waals surface area contributed by atoms with E-state index in [1.165, 1.54) is 0 Å². The number of hydrogen-bond acceptors (Lipinski definition) is 3. The minimum Gasteiger partial charge on any atom is -0.444 e. The fourth-order valence-electron chi connectivity index (χ4n) is 2.07. The Balaban J connectivity index is 2.64. The molecule has 0 aliphatic carbocycles. The second-order valence-corrected chi connectivity index (χ2v) is 6.40. The van der Waals surface area contributed by atoms with Crippen LogP contribution in [-0.2, 0) is 4.74 Å². The third-order valence-corrected chi connectivity index (χ3v) is 3.41. The molecule has 1 aliphatic heterocycles. The molecule has 0 bridgehead atoms. The average Bonchev–Trinajstić information content (AvgIpc) is 2.15. The molecule has 17 heavy (non-hydrogen) atoms. The van der Waals surface area contributed by atoms with Crippen molar-refractivity contribution in [1.82, 2.24) is 9.80 Å². The molecular formula is C13H26N2O2. The molecule has 1 unspecified atom stereocenters. The predicted molar refractivity (Wildman–Crippen MR) is 69.1 cm³/mol. The Kier molecular flexibility index (Phi) is 4.07. The number of hydrogen-bond donors (Lipinski definition) is 0. The maximum Gasteiger partial charge on any atom is 0.410 e. The van der Waals surface area contributed by atoms with Gasteiger partial charge in [-0.2, -0.15) is 0 Å². The Morgan fingerprint density at radius 2 is 1.94 bits per heavy atom. The van der Waals surface area contributed by atoms with E-state index in [-0.39, 0.29) is 11.6 Å². The second kappa shape index (κ2) is 4.84. The van der Waals surface area contributed by atoms with Gasteiger partial charge in [0.25, 0.3) is 0 Å². The normalized spacial score (nSPS) is 26.2. The maximum atomic E-state index is 12.0. The SMILES string of the molecule is CN(C)C1(C)CCCN(C(=O)OC(C)(C)C)C1. The van der Waals surface area contributed by atoms with Crippen LogP contribution in [0.5, 0.6) is 0 Å². The molecule has 1 saturated heterocycles. The first-order chi connectivity index (χ1) is 7.64. The predicted octanol–water partition coefficient (Wildman–Crippen LogP) is 2.34. The van der Waals surface area contributed by atoms with Gasteiger partial charge in [0.2, 0.25) is 0 Å². The molecule has 0 aromatic heterocycles. The summed E-state index contributed by atoms with van der Waals surface area (Å²) in [4.78, 5) is 16.0. The van der Waals surface area contributed by atoms with Crippen LogP contribution in [0.1, 0.15) is 40.5 Å². The molecule has 1 heterocycles. The first kappa shape index (κ1) is 14.3. The fourth-order valence-corrected chi connectivity index (χ4v) is 2.07. The zero-order valence-corrected chi connectivity index (χ0v) is 12.0. The van der Waals surface area contributed by atoms with E-state index in [1.807, 2.05) is 25.7 Å². The van der Waals surface area contributed by atoms with Gasteiger partial charge in [0.15, 0.2) is 0 Å². The molecule has 0 radical (unpaired) electrons. The van der Waals surface area contributed by atoms with Crippen LogP contribution < -0.4 is 0 Å². The number of piperidine rings is 1. The van der Waals surface area contributed by atoms with Crippen molar-refractivity contribution in [3.63, 3.8) is 0 Å². The lowest BCUT2D eigenvalue weighted by Crippen LogP contribution is -2.56. The summed E-state index contributed by atoms with van der Waals surface area (Å²) >= 11 is 0. The Hall–Kier alpha value is -0.770. The number of amides is 1. The van der Waals surface area contributed by atoms with Crippen LogP contribution in [0.2, 0.25) is 0 Å². The molecule has 100 valence electrons. The molecule has 0 aromatic rings. The molecule has 0 spiro atoms. The highest BCUT2D eigenvalue weighted by Crippen LogP contribution is 2.26. The van der Waals surface area contributed by atoms with Crippen molar-refractivity contribution < 1.29 is 9.53 Å². The highest BCUT2D eigenvalue weighted by atomic mass is 16.6. The summed E-state index contributed by atoms with van der Waals surface area (Å²) in [5.41, 5.74) is -0.349. The molecular weight excluding hydrogens is 216 g/mol. The van der Waals surface area contributed by atoms with Gasteiger partial charge < -0.3 is 14.5 Å². The van der Waals surface area contributed by atoms with Crippen molar-refractivity contribution in [3.8, 4) is 0 Å². The minimum atomic E-state index is -0.414. The number of ether oxygens (including phenoxy) is 1. The first-order valence-electron chi connectivity index (χ1n) is 6.29. The quantitative estimate of drug-likeness (QED) is 0.707. The van der Waals surface area contributed by atoms with Crippen molar-refractivity contribution in [2.45, 2.75) is 51.7 Å². The molecule has 0 N–H and O–H groups in total. The summed E-state index contributed by atoms with van der Waals surface area (Å²) in [5.74, 6) is 0. The lowest BCUT2D eigenvalue weighted by atomic mass is 9.90. The molecule has 4 heteroatoms. The fraction of sp³-hybridized carbons (Fsp3) is 0.923. The monoisotopic (exact) mass is 242 g/mol. The second-order valence-electron chi connectivity index (χ2n) is 6.40. The molecule has 0 saturated carbocycles. The Morgan fingerprint density at radius 3 is 2.41 bits per heavy atom. The van der Waals surface area contributed by atoms with Crippen molar-refractivity contribution in [1.29, 1.82) is 0 Å². The van der Waals surface area contributed by atoms with E-state index in [0.717, 1.165) is 25.9 Å². The molecule has 1 fully saturated rings. The van der Waals surface area contributed by atoms with Crippen LogP contribution >= 0.6 is 0 Å². The van der Waals surface area contributed by atoms with Crippen LogP contribution in [0, 0.1) is 0 Å². The topological polar surface area (TPSA) is 32.8 Å². The van der Waals surface area contributed by atoms with E-state index in [0.29, 0.717) is 0 Å². The van der Waals surface area contributed by atoms with Gasteiger partial charge in [-0.1, -0.05) is 0 Å². The third-order valence-electron chi connectivity index (χ3n) is 3.41. The Labute approximate surface area is 105 Å². The van der Waals surface area contributed by atoms with Gasteiger partial charge >= 0.3 is 6.09 Å². The van der Waals surface area contributed by atoms with E-state index in [1.54, 1.807) is 0 Å². The van der Waals surface area contributed by atoms with Gasteiger partial charge in [0.1, 0.15) is 5.60 Å². The number of carbonyl (C=O) groups excluding carboxylic acids is 1. The van der Waals surface area contributed by atoms with Gasteiger partial charge in [-0.15, -0.1) is 0 Å². The number of rotatable bonds is 1. The summed E-state index contributed by atoms with van der Waals surface area (Å²) < 4.78 is 5.42. The summed E-state index contributed by atoms with van der Waals surface area (Å²) in [5, 5.41) is 0. The van der Waals surface area contributed by atoms with E-state index in [2.05, 4.69) is 25.9 Å². The number of likely N-dealkylation sites (tertiary alicyclic amines) is 1. The smallest absolute Gasteiger partial charge is 0.410 e. The third kappa shape index (κ3) is 3.87. The lowest BCUT2D eigenvalue weighted by molar-refractivity contribution is -0.000322. The Morgan fingerprint density at radius 1 is 1.35 bits per heavy atom. The average molecular weight is 242 g/mol.